The number of nitrogens with zero attached hydrogens (tertiary/aromatic N) is 6. The summed E-state index contributed by atoms with van der Waals surface area (Å²) >= 11 is 0. The molecule has 0 saturated heterocycles. The van der Waals surface area contributed by atoms with E-state index in [2.05, 4.69) is 49.2 Å². The maximum atomic E-state index is 6.61. The van der Waals surface area contributed by atoms with Crippen molar-refractivity contribution in [3.63, 3.8) is 0 Å². The highest BCUT2D eigenvalue weighted by Gasteiger charge is 2.18. The van der Waals surface area contributed by atoms with E-state index in [1.165, 1.54) is 12.7 Å². The highest BCUT2D eigenvalue weighted by atomic mass is 16.5. The Kier molecular flexibility index (Phi) is 9.30. The lowest BCUT2D eigenvalue weighted by Crippen LogP contribution is -2.01. The van der Waals surface area contributed by atoms with Crippen molar-refractivity contribution in [2.24, 2.45) is 0 Å². The van der Waals surface area contributed by atoms with E-state index in [1.54, 1.807) is 12.4 Å². The molecule has 0 amide bonds. The van der Waals surface area contributed by atoms with Crippen LogP contribution in [0.5, 0.6) is 46.3 Å². The standard InChI is InChI=1S/C49H32N6O4/c1-3-11-33(12-4-1)35-23-39(27-41(25-35)58-47-15-7-9-21-51-47)56-37-17-19-43-44-20-18-38(30-46(44)55(45(43)29-37)49-53-31-50-32-54-49)57-40-24-36(34-13-5-2-6-14-34)26-42(28-40)59-48-16-8-10-22-52-48/h1-32H. The predicted molar refractivity (Wildman–Crippen MR) is 227 cm³/mol. The molecule has 4 heterocycles. The molecule has 0 saturated carbocycles. The second-order valence-corrected chi connectivity index (χ2v) is 13.5. The van der Waals surface area contributed by atoms with Crippen LogP contribution in [0.25, 0.3) is 50.0 Å². The first kappa shape index (κ1) is 35.1. The molecule has 10 aromatic rings. The molecule has 0 atom stereocenters. The molecular weight excluding hydrogens is 737 g/mol. The fraction of sp³-hybridized carbons (Fsp3) is 0. The minimum absolute atomic E-state index is 0.448. The van der Waals surface area contributed by atoms with Crippen LogP contribution in [0.3, 0.4) is 0 Å². The number of fused-ring (bicyclic) bond motifs is 3. The van der Waals surface area contributed by atoms with Crippen molar-refractivity contribution in [1.29, 1.82) is 0 Å². The summed E-state index contributed by atoms with van der Waals surface area (Å²) in [6.45, 7) is 0. The SMILES string of the molecule is c1ccc(-c2cc(Oc3ccc4c5ccc(Oc6cc(Oc7ccccn7)cc(-c7ccccc7)c6)cc5n(-c5ncncn5)c4c3)cc(Oc3ccccn3)c2)cc1. The van der Waals surface area contributed by atoms with Crippen LogP contribution in [-0.2, 0) is 0 Å². The van der Waals surface area contributed by atoms with Crippen LogP contribution >= 0.6 is 0 Å². The maximum absolute atomic E-state index is 6.61. The van der Waals surface area contributed by atoms with Gasteiger partial charge in [-0.2, -0.15) is 0 Å². The van der Waals surface area contributed by atoms with Gasteiger partial charge in [-0.05, 0) is 82.9 Å². The third-order valence-corrected chi connectivity index (χ3v) is 9.56. The van der Waals surface area contributed by atoms with Gasteiger partial charge in [-0.15, -0.1) is 0 Å². The minimum Gasteiger partial charge on any atom is -0.457 e. The largest absolute Gasteiger partial charge is 0.457 e. The molecule has 0 bridgehead atoms. The van der Waals surface area contributed by atoms with Gasteiger partial charge in [0.1, 0.15) is 47.2 Å². The topological polar surface area (TPSA) is 106 Å². The van der Waals surface area contributed by atoms with Gasteiger partial charge in [0.05, 0.1) is 11.0 Å². The Bertz CT molecular complexity index is 2850. The Morgan fingerprint density at radius 1 is 0.339 bits per heavy atom. The monoisotopic (exact) mass is 768 g/mol. The number of hydrogen-bond donors (Lipinski definition) is 0. The highest BCUT2D eigenvalue weighted by molar-refractivity contribution is 6.09. The number of rotatable bonds is 11. The van der Waals surface area contributed by atoms with Crippen LogP contribution in [0.1, 0.15) is 0 Å². The lowest BCUT2D eigenvalue weighted by Gasteiger charge is -2.13. The molecule has 0 aliphatic carbocycles. The quantitative estimate of drug-likeness (QED) is 0.127. The van der Waals surface area contributed by atoms with Crippen LogP contribution in [0.2, 0.25) is 0 Å². The third kappa shape index (κ3) is 7.61. The molecular formula is C49H32N6O4. The first-order chi connectivity index (χ1) is 29.2. The van der Waals surface area contributed by atoms with Gasteiger partial charge < -0.3 is 18.9 Å². The van der Waals surface area contributed by atoms with Crippen molar-refractivity contribution in [2.75, 3.05) is 0 Å². The summed E-state index contributed by atoms with van der Waals surface area (Å²) in [6, 6.07) is 54.9. The van der Waals surface area contributed by atoms with Crippen molar-refractivity contribution in [1.82, 2.24) is 29.5 Å². The van der Waals surface area contributed by atoms with Crippen LogP contribution in [0, 0.1) is 0 Å². The summed E-state index contributed by atoms with van der Waals surface area (Å²) in [5.41, 5.74) is 5.59. The Morgan fingerprint density at radius 2 is 0.780 bits per heavy atom. The zero-order valence-electron chi connectivity index (χ0n) is 31.3. The molecule has 0 fully saturated rings. The van der Waals surface area contributed by atoms with Crippen molar-refractivity contribution < 1.29 is 18.9 Å². The molecule has 10 rings (SSSR count). The second-order valence-electron chi connectivity index (χ2n) is 13.5. The van der Waals surface area contributed by atoms with Crippen LogP contribution < -0.4 is 18.9 Å². The molecule has 0 N–H and O–H groups in total. The summed E-state index contributed by atoms with van der Waals surface area (Å²) < 4.78 is 27.6. The summed E-state index contributed by atoms with van der Waals surface area (Å²) in [5.74, 6) is 5.02. The van der Waals surface area contributed by atoms with Gasteiger partial charge in [-0.3, -0.25) is 4.57 Å². The molecule has 0 aliphatic heterocycles. The van der Waals surface area contributed by atoms with Crippen LogP contribution in [0.4, 0.5) is 0 Å². The van der Waals surface area contributed by atoms with Gasteiger partial charge in [-0.1, -0.05) is 72.8 Å². The highest BCUT2D eigenvalue weighted by Crippen LogP contribution is 2.40. The Hall–Kier alpha value is -8.37. The minimum atomic E-state index is 0.448. The average molecular weight is 769 g/mol. The first-order valence-electron chi connectivity index (χ1n) is 18.8. The van der Waals surface area contributed by atoms with Gasteiger partial charge in [0.2, 0.25) is 17.7 Å². The van der Waals surface area contributed by atoms with Crippen molar-refractivity contribution in [3.8, 4) is 74.5 Å². The fourth-order valence-corrected chi connectivity index (χ4v) is 6.97. The molecule has 282 valence electrons. The van der Waals surface area contributed by atoms with E-state index >= 15 is 0 Å². The molecule has 10 heteroatoms. The van der Waals surface area contributed by atoms with Crippen LogP contribution in [-0.4, -0.2) is 29.5 Å². The zero-order chi connectivity index (χ0) is 39.4. The molecule has 0 radical (unpaired) electrons. The van der Waals surface area contributed by atoms with E-state index in [9.17, 15) is 0 Å². The lowest BCUT2D eigenvalue weighted by atomic mass is 10.1. The predicted octanol–water partition coefficient (Wildman–Crippen LogP) is 12.3. The van der Waals surface area contributed by atoms with Crippen LogP contribution in [0.15, 0.2) is 195 Å². The van der Waals surface area contributed by atoms with Crippen molar-refractivity contribution in [3.05, 3.63) is 195 Å². The van der Waals surface area contributed by atoms with Crippen molar-refractivity contribution >= 4 is 21.8 Å². The van der Waals surface area contributed by atoms with Gasteiger partial charge >= 0.3 is 0 Å². The van der Waals surface area contributed by atoms with E-state index in [0.29, 0.717) is 52.2 Å². The number of aromatic nitrogens is 6. The lowest BCUT2D eigenvalue weighted by molar-refractivity contribution is 0.449. The van der Waals surface area contributed by atoms with Gasteiger partial charge in [0.25, 0.3) is 0 Å². The molecule has 4 aromatic heterocycles. The summed E-state index contributed by atoms with van der Waals surface area (Å²) in [6.07, 6.45) is 6.36. The van der Waals surface area contributed by atoms with E-state index in [1.807, 2.05) is 150 Å². The summed E-state index contributed by atoms with van der Waals surface area (Å²) in [5, 5.41) is 1.96. The van der Waals surface area contributed by atoms with E-state index < -0.39 is 0 Å². The first-order valence-corrected chi connectivity index (χ1v) is 18.8. The Labute approximate surface area is 338 Å². The second kappa shape index (κ2) is 15.6. The molecule has 10 nitrogen and oxygen atoms in total. The zero-order valence-corrected chi connectivity index (χ0v) is 31.3. The maximum Gasteiger partial charge on any atom is 0.237 e. The van der Waals surface area contributed by atoms with Gasteiger partial charge in [0, 0.05) is 59.6 Å². The number of benzene rings is 6. The van der Waals surface area contributed by atoms with E-state index in [-0.39, 0.29) is 0 Å². The molecule has 0 spiro atoms. The smallest absolute Gasteiger partial charge is 0.237 e. The number of ether oxygens (including phenoxy) is 4. The molecule has 59 heavy (non-hydrogen) atoms. The number of pyridine rings is 2. The van der Waals surface area contributed by atoms with E-state index in [0.717, 1.165) is 44.1 Å². The summed E-state index contributed by atoms with van der Waals surface area (Å²) in [4.78, 5) is 21.9. The van der Waals surface area contributed by atoms with Gasteiger partial charge in [0.15, 0.2) is 0 Å². The third-order valence-electron chi connectivity index (χ3n) is 9.56. The molecule has 0 unspecified atom stereocenters. The Morgan fingerprint density at radius 3 is 1.22 bits per heavy atom. The number of hydrogen-bond acceptors (Lipinski definition) is 9. The van der Waals surface area contributed by atoms with Gasteiger partial charge in [-0.25, -0.2) is 24.9 Å². The normalized spacial score (nSPS) is 11.1. The fourth-order valence-electron chi connectivity index (χ4n) is 6.97. The van der Waals surface area contributed by atoms with E-state index in [4.69, 9.17) is 18.9 Å². The molecule has 6 aromatic carbocycles. The Balaban J connectivity index is 1.04. The summed E-state index contributed by atoms with van der Waals surface area (Å²) in [7, 11) is 0. The van der Waals surface area contributed by atoms with Crippen molar-refractivity contribution in [2.45, 2.75) is 0 Å². The molecule has 0 aliphatic rings. The average Bonchev–Trinajstić information content (AvgIpc) is 3.60.